The number of hydrogen-bond donors (Lipinski definition) is 0. The Morgan fingerprint density at radius 2 is 1.85 bits per heavy atom. The predicted molar refractivity (Wildman–Crippen MR) is 132 cm³/mol. The van der Waals surface area contributed by atoms with Gasteiger partial charge in [-0.15, -0.1) is 0 Å². The van der Waals surface area contributed by atoms with Crippen LogP contribution in [0.25, 0.3) is 16.9 Å². The summed E-state index contributed by atoms with van der Waals surface area (Å²) >= 11 is 6.54. The largest absolute Gasteiger partial charge is 0.471 e. The van der Waals surface area contributed by atoms with Gasteiger partial charge in [-0.25, -0.2) is 9.97 Å². The van der Waals surface area contributed by atoms with Crippen molar-refractivity contribution in [2.45, 2.75) is 46.6 Å². The summed E-state index contributed by atoms with van der Waals surface area (Å²) in [7, 11) is 1.83. The molecule has 0 fully saturated rings. The molecule has 0 amide bonds. The first kappa shape index (κ1) is 23.6. The quantitative estimate of drug-likeness (QED) is 0.417. The van der Waals surface area contributed by atoms with Crippen molar-refractivity contribution < 1.29 is 4.74 Å². The normalized spacial score (nSPS) is 11.6. The topological polar surface area (TPSA) is 87.7 Å². The molecule has 3 heterocycles. The highest BCUT2D eigenvalue weighted by Gasteiger charge is 2.19. The maximum absolute atomic E-state index is 13.4. The molecule has 176 valence electrons. The van der Waals surface area contributed by atoms with Crippen LogP contribution in [0.1, 0.15) is 43.7 Å². The molecule has 0 spiro atoms. The van der Waals surface area contributed by atoms with E-state index >= 15 is 0 Å². The van der Waals surface area contributed by atoms with Crippen molar-refractivity contribution in [2.75, 3.05) is 0 Å². The van der Waals surface area contributed by atoms with E-state index in [1.165, 1.54) is 4.57 Å². The SMILES string of the molecule is Cc1c(OCc2ccn(C)n2)nc(C)n(-c2cc(-c3ccnc(C(C)(C)C)n3)ccc2Cl)c1=O. The van der Waals surface area contributed by atoms with E-state index in [2.05, 4.69) is 35.8 Å². The lowest BCUT2D eigenvalue weighted by molar-refractivity contribution is 0.283. The molecule has 0 radical (unpaired) electrons. The van der Waals surface area contributed by atoms with E-state index in [9.17, 15) is 4.79 Å². The molecule has 1 aromatic carbocycles. The van der Waals surface area contributed by atoms with Gasteiger partial charge < -0.3 is 4.74 Å². The highest BCUT2D eigenvalue weighted by Crippen LogP contribution is 2.29. The van der Waals surface area contributed by atoms with Crippen LogP contribution in [0.3, 0.4) is 0 Å². The summed E-state index contributed by atoms with van der Waals surface area (Å²) in [5, 5.41) is 4.72. The molecule has 0 saturated carbocycles. The van der Waals surface area contributed by atoms with Gasteiger partial charge in [0.2, 0.25) is 5.88 Å². The molecule has 0 atom stereocenters. The van der Waals surface area contributed by atoms with Gasteiger partial charge in [0.05, 0.1) is 27.7 Å². The summed E-state index contributed by atoms with van der Waals surface area (Å²) in [5.41, 5.74) is 2.81. The molecular weight excluding hydrogens is 452 g/mol. The van der Waals surface area contributed by atoms with Crippen LogP contribution < -0.4 is 10.3 Å². The maximum atomic E-state index is 13.4. The molecule has 0 saturated heterocycles. The monoisotopic (exact) mass is 478 g/mol. The molecule has 0 aliphatic carbocycles. The van der Waals surface area contributed by atoms with Gasteiger partial charge in [-0.2, -0.15) is 10.1 Å². The lowest BCUT2D eigenvalue weighted by Crippen LogP contribution is -2.25. The molecule has 9 heteroatoms. The molecule has 4 aromatic rings. The number of nitrogens with zero attached hydrogens (tertiary/aromatic N) is 6. The number of ether oxygens (including phenoxy) is 1. The van der Waals surface area contributed by atoms with Gasteiger partial charge in [-0.05, 0) is 38.1 Å². The van der Waals surface area contributed by atoms with E-state index < -0.39 is 0 Å². The van der Waals surface area contributed by atoms with Crippen molar-refractivity contribution in [1.82, 2.24) is 29.3 Å². The van der Waals surface area contributed by atoms with Crippen LogP contribution in [0.5, 0.6) is 5.88 Å². The lowest BCUT2D eigenvalue weighted by atomic mass is 9.95. The smallest absolute Gasteiger partial charge is 0.264 e. The second-order valence-electron chi connectivity index (χ2n) is 9.18. The minimum absolute atomic E-state index is 0.190. The second-order valence-corrected chi connectivity index (χ2v) is 9.59. The summed E-state index contributed by atoms with van der Waals surface area (Å²) in [4.78, 5) is 27.0. The summed E-state index contributed by atoms with van der Waals surface area (Å²) in [5.74, 6) is 1.48. The number of rotatable bonds is 5. The fraction of sp³-hybridized carbons (Fsp3) is 0.320. The second kappa shape index (κ2) is 9.02. The van der Waals surface area contributed by atoms with Gasteiger partial charge in [0.1, 0.15) is 18.3 Å². The van der Waals surface area contributed by atoms with Crippen LogP contribution in [0.4, 0.5) is 0 Å². The highest BCUT2D eigenvalue weighted by molar-refractivity contribution is 6.32. The summed E-state index contributed by atoms with van der Waals surface area (Å²) in [6.07, 6.45) is 3.58. The van der Waals surface area contributed by atoms with Crippen molar-refractivity contribution in [3.05, 3.63) is 81.0 Å². The Morgan fingerprint density at radius 1 is 1.09 bits per heavy atom. The van der Waals surface area contributed by atoms with E-state index in [0.717, 1.165) is 22.8 Å². The Labute approximate surface area is 203 Å². The average Bonchev–Trinajstić information content (AvgIpc) is 3.21. The van der Waals surface area contributed by atoms with E-state index in [0.29, 0.717) is 22.1 Å². The Kier molecular flexibility index (Phi) is 6.27. The molecule has 4 rings (SSSR count). The number of aromatic nitrogens is 6. The van der Waals surface area contributed by atoms with Crippen LogP contribution in [0, 0.1) is 13.8 Å². The molecule has 8 nitrogen and oxygen atoms in total. The zero-order valence-electron chi connectivity index (χ0n) is 20.1. The summed E-state index contributed by atoms with van der Waals surface area (Å²) in [6, 6.07) is 9.19. The van der Waals surface area contributed by atoms with Gasteiger partial charge in [-0.1, -0.05) is 38.4 Å². The van der Waals surface area contributed by atoms with E-state index in [4.69, 9.17) is 21.3 Å². The standard InChI is InChI=1S/C25H27ClN6O2/c1-15-22(34-14-18-10-12-31(6)30-18)28-16(2)32(23(15)33)21-13-17(7-8-19(21)26)20-9-11-27-24(29-20)25(3,4)5/h7-13H,14H2,1-6H3. The number of aryl methyl sites for hydroxylation is 2. The van der Waals surface area contributed by atoms with Crippen LogP contribution in [0.15, 0.2) is 47.5 Å². The van der Waals surface area contributed by atoms with Crippen LogP contribution in [0.2, 0.25) is 5.02 Å². The first-order chi connectivity index (χ1) is 16.0. The van der Waals surface area contributed by atoms with Gasteiger partial charge in [0, 0.05) is 30.4 Å². The Balaban J connectivity index is 1.73. The van der Waals surface area contributed by atoms with Crippen molar-refractivity contribution in [1.29, 1.82) is 0 Å². The molecule has 0 N–H and O–H groups in total. The number of benzene rings is 1. The Morgan fingerprint density at radius 3 is 2.53 bits per heavy atom. The van der Waals surface area contributed by atoms with Crippen molar-refractivity contribution in [3.8, 4) is 22.8 Å². The van der Waals surface area contributed by atoms with E-state index in [1.807, 2.05) is 37.5 Å². The third-order valence-corrected chi connectivity index (χ3v) is 5.69. The molecule has 0 aliphatic heterocycles. The van der Waals surface area contributed by atoms with Crippen LogP contribution in [-0.2, 0) is 19.1 Å². The zero-order valence-corrected chi connectivity index (χ0v) is 20.9. The number of halogens is 1. The zero-order chi connectivity index (χ0) is 24.6. The fourth-order valence-electron chi connectivity index (χ4n) is 3.52. The molecule has 0 bridgehead atoms. The van der Waals surface area contributed by atoms with Gasteiger partial charge in [-0.3, -0.25) is 14.0 Å². The van der Waals surface area contributed by atoms with Gasteiger partial charge in [0.15, 0.2) is 0 Å². The first-order valence-electron chi connectivity index (χ1n) is 10.9. The molecule has 0 unspecified atom stereocenters. The van der Waals surface area contributed by atoms with Gasteiger partial charge in [0.25, 0.3) is 5.56 Å². The minimum atomic E-state index is -0.249. The molecular formula is C25H27ClN6O2. The number of hydrogen-bond acceptors (Lipinski definition) is 6. The lowest BCUT2D eigenvalue weighted by Gasteiger charge is -2.18. The van der Waals surface area contributed by atoms with E-state index in [-0.39, 0.29) is 23.5 Å². The highest BCUT2D eigenvalue weighted by atomic mass is 35.5. The Hall–Kier alpha value is -3.52. The summed E-state index contributed by atoms with van der Waals surface area (Å²) < 4.78 is 9.00. The first-order valence-corrected chi connectivity index (χ1v) is 11.3. The summed E-state index contributed by atoms with van der Waals surface area (Å²) in [6.45, 7) is 9.85. The predicted octanol–water partition coefficient (Wildman–Crippen LogP) is 4.57. The van der Waals surface area contributed by atoms with Crippen LogP contribution >= 0.6 is 11.6 Å². The maximum Gasteiger partial charge on any atom is 0.264 e. The Bertz CT molecular complexity index is 1420. The molecule has 34 heavy (non-hydrogen) atoms. The fourth-order valence-corrected chi connectivity index (χ4v) is 3.72. The average molecular weight is 479 g/mol. The van der Waals surface area contributed by atoms with Gasteiger partial charge >= 0.3 is 0 Å². The molecule has 0 aliphatic rings. The van der Waals surface area contributed by atoms with Crippen LogP contribution in [-0.4, -0.2) is 29.3 Å². The van der Waals surface area contributed by atoms with Crippen molar-refractivity contribution >= 4 is 11.6 Å². The van der Waals surface area contributed by atoms with Crippen molar-refractivity contribution in [2.24, 2.45) is 7.05 Å². The third kappa shape index (κ3) is 4.72. The third-order valence-electron chi connectivity index (χ3n) is 5.37. The minimum Gasteiger partial charge on any atom is -0.471 e. The molecule has 3 aromatic heterocycles. The van der Waals surface area contributed by atoms with E-state index in [1.54, 1.807) is 30.8 Å². The van der Waals surface area contributed by atoms with Crippen molar-refractivity contribution in [3.63, 3.8) is 0 Å².